The Bertz CT molecular complexity index is 549. The average Bonchev–Trinajstić information content (AvgIpc) is 2.78. The lowest BCUT2D eigenvalue weighted by Gasteiger charge is -2.27. The third kappa shape index (κ3) is 2.35. The zero-order valence-corrected chi connectivity index (χ0v) is 11.4. The molecule has 1 saturated heterocycles. The zero-order valence-electron chi connectivity index (χ0n) is 11.4. The van der Waals surface area contributed by atoms with Crippen molar-refractivity contribution in [3.8, 4) is 0 Å². The summed E-state index contributed by atoms with van der Waals surface area (Å²) in [7, 11) is 0. The molecule has 1 aromatic rings. The van der Waals surface area contributed by atoms with Gasteiger partial charge >= 0.3 is 0 Å². The molecule has 20 heavy (non-hydrogen) atoms. The average molecular weight is 275 g/mol. The number of carbonyl (C=O) groups is 2. The molecule has 1 atom stereocenters. The fourth-order valence-corrected chi connectivity index (χ4v) is 3.29. The molecule has 1 unspecified atom stereocenters. The monoisotopic (exact) mass is 275 g/mol. The van der Waals surface area contributed by atoms with Gasteiger partial charge in [0.2, 0.25) is 5.91 Å². The van der Waals surface area contributed by atoms with Crippen LogP contribution in [0.2, 0.25) is 0 Å². The summed E-state index contributed by atoms with van der Waals surface area (Å²) < 4.78 is 13.9. The van der Waals surface area contributed by atoms with E-state index >= 15 is 0 Å². The van der Waals surface area contributed by atoms with Gasteiger partial charge in [0.1, 0.15) is 5.82 Å². The molecule has 0 saturated carbocycles. The Morgan fingerprint density at radius 3 is 2.75 bits per heavy atom. The smallest absolute Gasteiger partial charge is 0.223 e. The fourth-order valence-electron chi connectivity index (χ4n) is 3.29. The number of hydrogen-bond donors (Lipinski definition) is 0. The van der Waals surface area contributed by atoms with E-state index in [-0.39, 0.29) is 36.3 Å². The van der Waals surface area contributed by atoms with Gasteiger partial charge in [0.15, 0.2) is 5.78 Å². The van der Waals surface area contributed by atoms with Crippen LogP contribution in [0.1, 0.15) is 53.9 Å². The minimum atomic E-state index is -0.357. The van der Waals surface area contributed by atoms with E-state index in [0.717, 1.165) is 25.9 Å². The molecule has 0 N–H and O–H groups in total. The summed E-state index contributed by atoms with van der Waals surface area (Å²) >= 11 is 0. The SMILES string of the molecule is O=C1CC(CC(=O)N2CCCCC2)c2c(F)cccc21. The Hall–Kier alpha value is -1.71. The molecular weight excluding hydrogens is 257 g/mol. The lowest BCUT2D eigenvalue weighted by atomic mass is 9.96. The van der Waals surface area contributed by atoms with Crippen molar-refractivity contribution < 1.29 is 14.0 Å². The summed E-state index contributed by atoms with van der Waals surface area (Å²) in [4.78, 5) is 26.0. The first kappa shape index (κ1) is 13.3. The van der Waals surface area contributed by atoms with Crippen molar-refractivity contribution in [3.05, 3.63) is 35.1 Å². The van der Waals surface area contributed by atoms with Gasteiger partial charge < -0.3 is 4.90 Å². The van der Waals surface area contributed by atoms with Gasteiger partial charge in [-0.25, -0.2) is 4.39 Å². The van der Waals surface area contributed by atoms with Crippen LogP contribution < -0.4 is 0 Å². The second-order valence-electron chi connectivity index (χ2n) is 5.67. The maximum atomic E-state index is 13.9. The van der Waals surface area contributed by atoms with E-state index in [1.165, 1.54) is 12.5 Å². The van der Waals surface area contributed by atoms with Gasteiger partial charge in [0.25, 0.3) is 0 Å². The molecule has 0 aromatic heterocycles. The number of piperidine rings is 1. The molecular formula is C16H18FNO2. The summed E-state index contributed by atoms with van der Waals surface area (Å²) in [5, 5.41) is 0. The van der Waals surface area contributed by atoms with Gasteiger partial charge in [0.05, 0.1) is 0 Å². The number of rotatable bonds is 2. The molecule has 106 valence electrons. The van der Waals surface area contributed by atoms with E-state index in [0.29, 0.717) is 11.1 Å². The molecule has 1 heterocycles. The van der Waals surface area contributed by atoms with Crippen LogP contribution in [-0.2, 0) is 4.79 Å². The maximum Gasteiger partial charge on any atom is 0.223 e. The number of amides is 1. The van der Waals surface area contributed by atoms with Gasteiger partial charge in [-0.1, -0.05) is 12.1 Å². The van der Waals surface area contributed by atoms with Crippen molar-refractivity contribution in [1.29, 1.82) is 0 Å². The lowest BCUT2D eigenvalue weighted by molar-refractivity contribution is -0.132. The lowest BCUT2D eigenvalue weighted by Crippen LogP contribution is -2.36. The molecule has 1 aromatic carbocycles. The summed E-state index contributed by atoms with van der Waals surface area (Å²) in [6.45, 7) is 1.59. The van der Waals surface area contributed by atoms with E-state index in [2.05, 4.69) is 0 Å². The molecule has 1 aliphatic carbocycles. The second kappa shape index (κ2) is 5.35. The van der Waals surface area contributed by atoms with Crippen molar-refractivity contribution >= 4 is 11.7 Å². The molecule has 2 aliphatic rings. The summed E-state index contributed by atoms with van der Waals surface area (Å²) in [6.07, 6.45) is 3.76. The number of hydrogen-bond acceptors (Lipinski definition) is 2. The first-order chi connectivity index (χ1) is 9.66. The number of likely N-dealkylation sites (tertiary alicyclic amines) is 1. The van der Waals surface area contributed by atoms with E-state index in [1.807, 2.05) is 4.90 Å². The number of Topliss-reactive ketones (excluding diaryl/α,β-unsaturated/α-hetero) is 1. The van der Waals surface area contributed by atoms with Crippen LogP contribution in [-0.4, -0.2) is 29.7 Å². The van der Waals surface area contributed by atoms with Gasteiger partial charge in [-0.3, -0.25) is 9.59 Å². The predicted molar refractivity (Wildman–Crippen MR) is 73.1 cm³/mol. The van der Waals surface area contributed by atoms with Gasteiger partial charge in [-0.05, 0) is 25.3 Å². The normalized spacial score (nSPS) is 21.9. The largest absolute Gasteiger partial charge is 0.343 e. The van der Waals surface area contributed by atoms with Gasteiger partial charge in [0, 0.05) is 43.0 Å². The number of carbonyl (C=O) groups excluding carboxylic acids is 2. The van der Waals surface area contributed by atoms with Crippen LogP contribution >= 0.6 is 0 Å². The molecule has 1 aliphatic heterocycles. The van der Waals surface area contributed by atoms with E-state index in [4.69, 9.17) is 0 Å². The van der Waals surface area contributed by atoms with Crippen molar-refractivity contribution in [3.63, 3.8) is 0 Å². The van der Waals surface area contributed by atoms with Gasteiger partial charge in [-0.2, -0.15) is 0 Å². The molecule has 1 amide bonds. The topological polar surface area (TPSA) is 37.4 Å². The number of halogens is 1. The van der Waals surface area contributed by atoms with Crippen molar-refractivity contribution in [1.82, 2.24) is 4.90 Å². The standard InChI is InChI=1S/C16H18FNO2/c17-13-6-4-5-12-14(19)9-11(16(12)13)10-15(20)18-7-2-1-3-8-18/h4-6,11H,1-3,7-10H2. The number of benzene rings is 1. The highest BCUT2D eigenvalue weighted by Gasteiger charge is 2.34. The van der Waals surface area contributed by atoms with Crippen molar-refractivity contribution in [2.75, 3.05) is 13.1 Å². The summed E-state index contributed by atoms with van der Waals surface area (Å²) in [6, 6.07) is 4.59. The second-order valence-corrected chi connectivity index (χ2v) is 5.67. The van der Waals surface area contributed by atoms with Crippen molar-refractivity contribution in [2.24, 2.45) is 0 Å². The molecule has 1 fully saturated rings. The first-order valence-corrected chi connectivity index (χ1v) is 7.26. The van der Waals surface area contributed by atoms with Crippen LogP contribution in [0.25, 0.3) is 0 Å². The quantitative estimate of drug-likeness (QED) is 0.832. The molecule has 0 radical (unpaired) electrons. The van der Waals surface area contributed by atoms with Crippen LogP contribution in [0.15, 0.2) is 18.2 Å². The molecule has 3 rings (SSSR count). The highest BCUT2D eigenvalue weighted by molar-refractivity contribution is 6.02. The van der Waals surface area contributed by atoms with E-state index in [1.54, 1.807) is 12.1 Å². The number of nitrogens with zero attached hydrogens (tertiary/aromatic N) is 1. The van der Waals surface area contributed by atoms with E-state index in [9.17, 15) is 14.0 Å². The van der Waals surface area contributed by atoms with Crippen LogP contribution in [0.5, 0.6) is 0 Å². The molecule has 4 heteroatoms. The third-order valence-corrected chi connectivity index (χ3v) is 4.32. The zero-order chi connectivity index (χ0) is 14.1. The Kier molecular flexibility index (Phi) is 3.55. The van der Waals surface area contributed by atoms with Crippen LogP contribution in [0.4, 0.5) is 4.39 Å². The Morgan fingerprint density at radius 1 is 1.25 bits per heavy atom. The van der Waals surface area contributed by atoms with Gasteiger partial charge in [-0.15, -0.1) is 0 Å². The Morgan fingerprint density at radius 2 is 2.00 bits per heavy atom. The first-order valence-electron chi connectivity index (χ1n) is 7.26. The fraction of sp³-hybridized carbons (Fsp3) is 0.500. The summed E-state index contributed by atoms with van der Waals surface area (Å²) in [5.41, 5.74) is 0.907. The van der Waals surface area contributed by atoms with Crippen LogP contribution in [0.3, 0.4) is 0 Å². The minimum absolute atomic E-state index is 0.0454. The van der Waals surface area contributed by atoms with Crippen LogP contribution in [0, 0.1) is 5.82 Å². The number of fused-ring (bicyclic) bond motifs is 1. The minimum Gasteiger partial charge on any atom is -0.343 e. The Labute approximate surface area is 117 Å². The Balaban J connectivity index is 1.76. The highest BCUT2D eigenvalue weighted by atomic mass is 19.1. The maximum absolute atomic E-state index is 13.9. The third-order valence-electron chi connectivity index (χ3n) is 4.32. The molecule has 3 nitrogen and oxygen atoms in total. The highest BCUT2D eigenvalue weighted by Crippen LogP contribution is 2.37. The van der Waals surface area contributed by atoms with Crippen molar-refractivity contribution in [2.45, 2.75) is 38.0 Å². The van der Waals surface area contributed by atoms with E-state index < -0.39 is 0 Å². The predicted octanol–water partition coefficient (Wildman–Crippen LogP) is 2.90. The molecule has 0 bridgehead atoms. The summed E-state index contributed by atoms with van der Waals surface area (Å²) in [5.74, 6) is -0.632. The number of ketones is 1. The molecule has 0 spiro atoms.